The van der Waals surface area contributed by atoms with Crippen LogP contribution < -0.4 is 10.9 Å². The second-order valence-corrected chi connectivity index (χ2v) is 8.43. The van der Waals surface area contributed by atoms with E-state index in [1.165, 1.54) is 0 Å². The monoisotopic (exact) mass is 522 g/mol. The lowest BCUT2D eigenvalue weighted by Crippen LogP contribution is -2.38. The molecule has 28 heavy (non-hydrogen) atoms. The maximum Gasteiger partial charge on any atom is 0.261 e. The molecule has 0 fully saturated rings. The smallest absolute Gasteiger partial charge is 0.261 e. The third-order valence-corrected chi connectivity index (χ3v) is 5.88. The highest BCUT2D eigenvalue weighted by Gasteiger charge is 2.14. The molecule has 8 heteroatoms. The van der Waals surface area contributed by atoms with Gasteiger partial charge in [-0.05, 0) is 66.3 Å². The fraction of sp³-hybridized carbons (Fsp3) is 0.250. The van der Waals surface area contributed by atoms with Gasteiger partial charge in [0.1, 0.15) is 5.82 Å². The Bertz CT molecular complexity index is 1070. The van der Waals surface area contributed by atoms with Crippen LogP contribution in [0.15, 0.2) is 56.2 Å². The molecule has 0 spiro atoms. The Kier molecular flexibility index (Phi) is 6.85. The summed E-state index contributed by atoms with van der Waals surface area (Å²) < 4.78 is 3.34. The molecule has 0 unspecified atom stereocenters. The average Bonchev–Trinajstić information content (AvgIpc) is 2.66. The lowest BCUT2D eigenvalue weighted by atomic mass is 10.2. The van der Waals surface area contributed by atoms with Gasteiger partial charge in [0.2, 0.25) is 0 Å². The standard InChI is InChI=1S/C20H20Br2N4OS/c1-3-25(20(28)24-15-7-5-4-6-8-15)9-10-26-13(2)23-18-16(19(26)27)11-14(21)12-17(18)22/h4-8,11-12H,3,9-10H2,1-2H3,(H,24,28). The number of anilines is 1. The summed E-state index contributed by atoms with van der Waals surface area (Å²) in [5.41, 5.74) is 1.57. The van der Waals surface area contributed by atoms with E-state index in [9.17, 15) is 4.79 Å². The quantitative estimate of drug-likeness (QED) is 0.479. The Hall–Kier alpha value is -1.77. The first kappa shape index (κ1) is 21.0. The zero-order chi connectivity index (χ0) is 20.3. The third-order valence-electron chi connectivity index (χ3n) is 4.46. The molecule has 0 bridgehead atoms. The number of fused-ring (bicyclic) bond motifs is 1. The zero-order valence-electron chi connectivity index (χ0n) is 15.6. The van der Waals surface area contributed by atoms with Gasteiger partial charge in [0.05, 0.1) is 10.9 Å². The van der Waals surface area contributed by atoms with Crippen molar-refractivity contribution >= 4 is 65.8 Å². The van der Waals surface area contributed by atoms with Crippen molar-refractivity contribution in [2.24, 2.45) is 0 Å². The molecule has 0 atom stereocenters. The molecule has 3 aromatic rings. The molecule has 0 amide bonds. The molecule has 0 saturated heterocycles. The van der Waals surface area contributed by atoms with E-state index in [0.29, 0.717) is 34.9 Å². The van der Waals surface area contributed by atoms with Crippen LogP contribution in [0, 0.1) is 6.92 Å². The number of aryl methyl sites for hydroxylation is 1. The van der Waals surface area contributed by atoms with Gasteiger partial charge in [0.15, 0.2) is 5.11 Å². The molecule has 0 saturated carbocycles. The summed E-state index contributed by atoms with van der Waals surface area (Å²) in [6.07, 6.45) is 0. The van der Waals surface area contributed by atoms with Crippen LogP contribution in [0.5, 0.6) is 0 Å². The molecule has 2 aromatic carbocycles. The maximum absolute atomic E-state index is 13.0. The van der Waals surface area contributed by atoms with Gasteiger partial charge in [0.25, 0.3) is 5.56 Å². The van der Waals surface area contributed by atoms with Crippen LogP contribution in [0.2, 0.25) is 0 Å². The highest BCUT2D eigenvalue weighted by atomic mass is 79.9. The van der Waals surface area contributed by atoms with Crippen molar-refractivity contribution < 1.29 is 0 Å². The van der Waals surface area contributed by atoms with Crippen molar-refractivity contribution in [2.75, 3.05) is 18.4 Å². The molecule has 0 radical (unpaired) electrons. The lowest BCUT2D eigenvalue weighted by molar-refractivity contribution is 0.410. The number of nitrogens with zero attached hydrogens (tertiary/aromatic N) is 3. The van der Waals surface area contributed by atoms with Crippen molar-refractivity contribution in [1.29, 1.82) is 0 Å². The van der Waals surface area contributed by atoms with Gasteiger partial charge in [0, 0.05) is 34.3 Å². The predicted octanol–water partition coefficient (Wildman–Crippen LogP) is 4.95. The van der Waals surface area contributed by atoms with Crippen molar-refractivity contribution in [2.45, 2.75) is 20.4 Å². The van der Waals surface area contributed by atoms with E-state index in [1.54, 1.807) is 4.57 Å². The molecule has 0 aliphatic rings. The number of hydrogen-bond acceptors (Lipinski definition) is 3. The van der Waals surface area contributed by atoms with Crippen molar-refractivity contribution in [1.82, 2.24) is 14.5 Å². The van der Waals surface area contributed by atoms with E-state index in [1.807, 2.05) is 61.2 Å². The normalized spacial score (nSPS) is 10.9. The van der Waals surface area contributed by atoms with E-state index in [4.69, 9.17) is 12.2 Å². The molecular formula is C20H20Br2N4OS. The first-order valence-corrected chi connectivity index (χ1v) is 10.9. The number of hydrogen-bond donors (Lipinski definition) is 1. The Morgan fingerprint density at radius 1 is 1.25 bits per heavy atom. The molecule has 0 aliphatic heterocycles. The Balaban J connectivity index is 1.82. The number of likely N-dealkylation sites (N-methyl/N-ethyl adjacent to an activating group) is 1. The number of rotatable bonds is 5. The van der Waals surface area contributed by atoms with Crippen molar-refractivity contribution in [3.63, 3.8) is 0 Å². The summed E-state index contributed by atoms with van der Waals surface area (Å²) >= 11 is 12.5. The highest BCUT2D eigenvalue weighted by molar-refractivity contribution is 9.11. The maximum atomic E-state index is 13.0. The van der Waals surface area contributed by atoms with Crippen LogP contribution in [0.1, 0.15) is 12.7 Å². The first-order chi connectivity index (χ1) is 13.4. The van der Waals surface area contributed by atoms with E-state index >= 15 is 0 Å². The molecular weight excluding hydrogens is 504 g/mol. The van der Waals surface area contributed by atoms with Gasteiger partial charge in [-0.2, -0.15) is 0 Å². The average molecular weight is 524 g/mol. The summed E-state index contributed by atoms with van der Waals surface area (Å²) in [6.45, 7) is 5.75. The summed E-state index contributed by atoms with van der Waals surface area (Å²) in [5.74, 6) is 0.679. The molecule has 3 rings (SSSR count). The van der Waals surface area contributed by atoms with Gasteiger partial charge in [-0.25, -0.2) is 4.98 Å². The van der Waals surface area contributed by atoms with Crippen molar-refractivity contribution in [3.8, 4) is 0 Å². The van der Waals surface area contributed by atoms with Crippen LogP contribution in [-0.2, 0) is 6.54 Å². The van der Waals surface area contributed by atoms with Crippen molar-refractivity contribution in [3.05, 3.63) is 67.6 Å². The second-order valence-electron chi connectivity index (χ2n) is 6.28. The van der Waals surface area contributed by atoms with E-state index < -0.39 is 0 Å². The van der Waals surface area contributed by atoms with E-state index in [-0.39, 0.29) is 5.56 Å². The number of nitrogens with one attached hydrogen (secondary N) is 1. The summed E-state index contributed by atoms with van der Waals surface area (Å²) in [4.78, 5) is 19.7. The summed E-state index contributed by atoms with van der Waals surface area (Å²) in [5, 5.41) is 4.47. The fourth-order valence-electron chi connectivity index (χ4n) is 2.97. The number of benzene rings is 2. The first-order valence-electron chi connectivity index (χ1n) is 8.88. The van der Waals surface area contributed by atoms with Crippen LogP contribution in [0.25, 0.3) is 10.9 Å². The van der Waals surface area contributed by atoms with E-state index in [0.717, 1.165) is 21.2 Å². The largest absolute Gasteiger partial charge is 0.348 e. The topological polar surface area (TPSA) is 50.2 Å². The molecule has 1 heterocycles. The predicted molar refractivity (Wildman–Crippen MR) is 126 cm³/mol. The number of para-hydroxylation sites is 1. The van der Waals surface area contributed by atoms with Crippen LogP contribution in [0.4, 0.5) is 5.69 Å². The van der Waals surface area contributed by atoms with Gasteiger partial charge < -0.3 is 10.2 Å². The van der Waals surface area contributed by atoms with Crippen LogP contribution in [0.3, 0.4) is 0 Å². The minimum atomic E-state index is -0.0533. The zero-order valence-corrected chi connectivity index (χ0v) is 19.6. The van der Waals surface area contributed by atoms with Gasteiger partial charge >= 0.3 is 0 Å². The van der Waals surface area contributed by atoms with Crippen LogP contribution in [-0.4, -0.2) is 32.7 Å². The number of thiocarbonyl (C=S) groups is 1. The fourth-order valence-corrected chi connectivity index (χ4v) is 4.62. The third kappa shape index (κ3) is 4.61. The Morgan fingerprint density at radius 3 is 2.64 bits per heavy atom. The summed E-state index contributed by atoms with van der Waals surface area (Å²) in [6, 6.07) is 13.5. The molecule has 1 N–H and O–H groups in total. The van der Waals surface area contributed by atoms with Gasteiger partial charge in [-0.15, -0.1) is 0 Å². The second kappa shape index (κ2) is 9.15. The molecule has 146 valence electrons. The molecule has 0 aliphatic carbocycles. The van der Waals surface area contributed by atoms with Gasteiger partial charge in [-0.1, -0.05) is 34.1 Å². The Labute approximate surface area is 186 Å². The summed E-state index contributed by atoms with van der Waals surface area (Å²) in [7, 11) is 0. The minimum absolute atomic E-state index is 0.0533. The number of halogens is 2. The lowest BCUT2D eigenvalue weighted by Gasteiger charge is -2.25. The molecule has 1 aromatic heterocycles. The molecule has 5 nitrogen and oxygen atoms in total. The van der Waals surface area contributed by atoms with Gasteiger partial charge in [-0.3, -0.25) is 9.36 Å². The van der Waals surface area contributed by atoms with Crippen LogP contribution >= 0.6 is 44.1 Å². The minimum Gasteiger partial charge on any atom is -0.348 e. The van der Waals surface area contributed by atoms with E-state index in [2.05, 4.69) is 42.2 Å². The SMILES string of the molecule is CCN(CCn1c(C)nc2c(Br)cc(Br)cc2c1=O)C(=S)Nc1ccccc1. The highest BCUT2D eigenvalue weighted by Crippen LogP contribution is 2.25. The number of aromatic nitrogens is 2. The Morgan fingerprint density at radius 2 is 1.96 bits per heavy atom.